The van der Waals surface area contributed by atoms with Crippen molar-refractivity contribution in [3.8, 4) is 12.3 Å². The van der Waals surface area contributed by atoms with E-state index in [0.29, 0.717) is 22.0 Å². The van der Waals surface area contributed by atoms with E-state index >= 15 is 0 Å². The number of fused-ring (bicyclic) bond motifs is 1. The first-order valence-electron chi connectivity index (χ1n) is 8.02. The molecule has 1 heterocycles. The van der Waals surface area contributed by atoms with Crippen LogP contribution >= 0.6 is 0 Å². The van der Waals surface area contributed by atoms with Gasteiger partial charge in [-0.2, -0.15) is 5.10 Å². The molecule has 2 aromatic carbocycles. The van der Waals surface area contributed by atoms with Gasteiger partial charge in [0.2, 0.25) is 5.91 Å². The molecule has 0 aliphatic heterocycles. The molecule has 0 saturated heterocycles. The zero-order valence-corrected chi connectivity index (χ0v) is 13.9. The highest BCUT2D eigenvalue weighted by Gasteiger charge is 2.11. The molecular weight excluding hydrogens is 333 g/mol. The molecular formula is C20H16FN3O2. The summed E-state index contributed by atoms with van der Waals surface area (Å²) < 4.78 is 14.1. The molecule has 1 N–H and O–H groups in total. The van der Waals surface area contributed by atoms with Gasteiger partial charge in [0.05, 0.1) is 24.0 Å². The number of aromatic nitrogens is 2. The lowest BCUT2D eigenvalue weighted by molar-refractivity contribution is -0.120. The van der Waals surface area contributed by atoms with E-state index in [-0.39, 0.29) is 36.8 Å². The minimum absolute atomic E-state index is 0.0557. The highest BCUT2D eigenvalue weighted by Crippen LogP contribution is 2.13. The SMILES string of the molecule is C#CCn1nc(CNC(=O)Cc2ccc(F)cc2)c2ccccc2c1=O. The summed E-state index contributed by atoms with van der Waals surface area (Å²) in [6.07, 6.45) is 5.42. The number of amides is 1. The number of hydrogen-bond donors (Lipinski definition) is 1. The van der Waals surface area contributed by atoms with Crippen LogP contribution in [-0.2, 0) is 24.3 Å². The standard InChI is InChI=1S/C20H16FN3O2/c1-2-11-24-20(26)17-6-4-3-5-16(17)18(23-24)13-22-19(25)12-14-7-9-15(21)10-8-14/h1,3-10H,11-13H2,(H,22,25). The predicted molar refractivity (Wildman–Crippen MR) is 96.8 cm³/mol. The summed E-state index contributed by atoms with van der Waals surface area (Å²) in [5.74, 6) is 1.83. The van der Waals surface area contributed by atoms with E-state index in [1.54, 1.807) is 36.4 Å². The van der Waals surface area contributed by atoms with Gasteiger partial charge in [0.15, 0.2) is 0 Å². The maximum Gasteiger partial charge on any atom is 0.275 e. The molecule has 0 atom stereocenters. The maximum atomic E-state index is 12.9. The van der Waals surface area contributed by atoms with Crippen molar-refractivity contribution in [1.29, 1.82) is 0 Å². The molecule has 1 aromatic heterocycles. The lowest BCUT2D eigenvalue weighted by Gasteiger charge is -2.10. The predicted octanol–water partition coefficient (Wildman–Crippen LogP) is 2.03. The molecule has 0 bridgehead atoms. The van der Waals surface area contributed by atoms with Crippen molar-refractivity contribution in [2.24, 2.45) is 0 Å². The smallest absolute Gasteiger partial charge is 0.275 e. The molecule has 0 spiro atoms. The minimum atomic E-state index is -0.347. The van der Waals surface area contributed by atoms with Gasteiger partial charge in [-0.05, 0) is 23.8 Å². The van der Waals surface area contributed by atoms with Crippen LogP contribution in [0.15, 0.2) is 53.3 Å². The van der Waals surface area contributed by atoms with Gasteiger partial charge >= 0.3 is 0 Å². The van der Waals surface area contributed by atoms with Gasteiger partial charge in [-0.3, -0.25) is 9.59 Å². The number of hydrogen-bond acceptors (Lipinski definition) is 3. The van der Waals surface area contributed by atoms with Crippen molar-refractivity contribution in [3.63, 3.8) is 0 Å². The highest BCUT2D eigenvalue weighted by molar-refractivity contribution is 5.84. The van der Waals surface area contributed by atoms with Crippen LogP contribution in [0.25, 0.3) is 10.8 Å². The molecule has 0 aliphatic rings. The first kappa shape index (κ1) is 17.4. The van der Waals surface area contributed by atoms with Crippen molar-refractivity contribution in [3.05, 3.63) is 76.0 Å². The van der Waals surface area contributed by atoms with Crippen molar-refractivity contribution >= 4 is 16.7 Å². The maximum absolute atomic E-state index is 12.9. The zero-order valence-electron chi connectivity index (χ0n) is 13.9. The number of carbonyl (C=O) groups excluding carboxylic acids is 1. The summed E-state index contributed by atoms with van der Waals surface area (Å²) >= 11 is 0. The fraction of sp³-hybridized carbons (Fsp3) is 0.150. The fourth-order valence-corrected chi connectivity index (χ4v) is 2.66. The van der Waals surface area contributed by atoms with Crippen LogP contribution in [-0.4, -0.2) is 15.7 Å². The summed E-state index contributed by atoms with van der Waals surface area (Å²) in [6, 6.07) is 12.8. The molecule has 0 fully saturated rings. The monoisotopic (exact) mass is 349 g/mol. The summed E-state index contributed by atoms with van der Waals surface area (Å²) in [5.41, 5.74) is 1.00. The molecule has 0 saturated carbocycles. The molecule has 5 nitrogen and oxygen atoms in total. The second-order valence-electron chi connectivity index (χ2n) is 5.74. The van der Waals surface area contributed by atoms with Crippen LogP contribution in [0.4, 0.5) is 4.39 Å². The Hall–Kier alpha value is -3.46. The summed E-state index contributed by atoms with van der Waals surface area (Å²) in [4.78, 5) is 24.5. The topological polar surface area (TPSA) is 64.0 Å². The first-order chi connectivity index (χ1) is 12.6. The molecule has 3 aromatic rings. The lowest BCUT2D eigenvalue weighted by atomic mass is 10.1. The second-order valence-corrected chi connectivity index (χ2v) is 5.74. The Balaban J connectivity index is 1.81. The minimum Gasteiger partial charge on any atom is -0.350 e. The number of rotatable bonds is 5. The average molecular weight is 349 g/mol. The van der Waals surface area contributed by atoms with Crippen molar-refractivity contribution in [2.45, 2.75) is 19.5 Å². The van der Waals surface area contributed by atoms with Crippen molar-refractivity contribution < 1.29 is 9.18 Å². The summed E-state index contributed by atoms with van der Waals surface area (Å²) in [6.45, 7) is 0.214. The van der Waals surface area contributed by atoms with E-state index in [0.717, 1.165) is 0 Å². The Morgan fingerprint density at radius 3 is 2.54 bits per heavy atom. The van der Waals surface area contributed by atoms with E-state index in [1.165, 1.54) is 16.8 Å². The van der Waals surface area contributed by atoms with E-state index in [1.807, 2.05) is 0 Å². The van der Waals surface area contributed by atoms with Gasteiger partial charge in [-0.25, -0.2) is 9.07 Å². The van der Waals surface area contributed by atoms with Crippen molar-refractivity contribution in [2.75, 3.05) is 0 Å². The Morgan fingerprint density at radius 2 is 1.85 bits per heavy atom. The number of nitrogens with zero attached hydrogens (tertiary/aromatic N) is 2. The first-order valence-corrected chi connectivity index (χ1v) is 8.02. The van der Waals surface area contributed by atoms with Gasteiger partial charge in [0.1, 0.15) is 12.4 Å². The molecule has 3 rings (SSSR count). The van der Waals surface area contributed by atoms with E-state index in [2.05, 4.69) is 16.3 Å². The van der Waals surface area contributed by atoms with E-state index in [9.17, 15) is 14.0 Å². The number of benzene rings is 2. The quantitative estimate of drug-likeness (QED) is 0.717. The Morgan fingerprint density at radius 1 is 1.15 bits per heavy atom. The second kappa shape index (κ2) is 7.62. The number of halogens is 1. The Kier molecular flexibility index (Phi) is 5.09. The van der Waals surface area contributed by atoms with Gasteiger partial charge in [-0.1, -0.05) is 36.3 Å². The summed E-state index contributed by atoms with van der Waals surface area (Å²) in [5, 5.41) is 8.23. The lowest BCUT2D eigenvalue weighted by Crippen LogP contribution is -2.29. The fourth-order valence-electron chi connectivity index (χ4n) is 2.66. The van der Waals surface area contributed by atoms with Gasteiger partial charge < -0.3 is 5.32 Å². The van der Waals surface area contributed by atoms with Crippen LogP contribution in [0.2, 0.25) is 0 Å². The van der Waals surface area contributed by atoms with Crippen LogP contribution in [0.1, 0.15) is 11.3 Å². The van der Waals surface area contributed by atoms with Gasteiger partial charge in [0.25, 0.3) is 5.56 Å². The number of terminal acetylenes is 1. The third kappa shape index (κ3) is 3.78. The Bertz CT molecular complexity index is 1050. The van der Waals surface area contributed by atoms with Crippen LogP contribution in [0, 0.1) is 18.2 Å². The van der Waals surface area contributed by atoms with E-state index < -0.39 is 0 Å². The van der Waals surface area contributed by atoms with Crippen molar-refractivity contribution in [1.82, 2.24) is 15.1 Å². The summed E-state index contributed by atoms with van der Waals surface area (Å²) in [7, 11) is 0. The number of carbonyl (C=O) groups is 1. The average Bonchev–Trinajstić information content (AvgIpc) is 2.65. The third-order valence-corrected chi connectivity index (χ3v) is 3.92. The molecule has 0 aliphatic carbocycles. The van der Waals surface area contributed by atoms with Crippen LogP contribution in [0.5, 0.6) is 0 Å². The molecule has 1 amide bonds. The molecule has 0 unspecified atom stereocenters. The van der Waals surface area contributed by atoms with Crippen LogP contribution in [0.3, 0.4) is 0 Å². The normalized spacial score (nSPS) is 10.5. The van der Waals surface area contributed by atoms with Gasteiger partial charge in [0, 0.05) is 5.39 Å². The Labute approximate surface area is 149 Å². The molecule has 0 radical (unpaired) electrons. The van der Waals surface area contributed by atoms with Gasteiger partial charge in [-0.15, -0.1) is 6.42 Å². The zero-order chi connectivity index (χ0) is 18.5. The largest absolute Gasteiger partial charge is 0.350 e. The molecule has 6 heteroatoms. The number of nitrogens with one attached hydrogen (secondary N) is 1. The highest BCUT2D eigenvalue weighted by atomic mass is 19.1. The van der Waals surface area contributed by atoms with Crippen LogP contribution < -0.4 is 10.9 Å². The molecule has 26 heavy (non-hydrogen) atoms. The molecule has 130 valence electrons. The van der Waals surface area contributed by atoms with E-state index in [4.69, 9.17) is 6.42 Å². The third-order valence-electron chi connectivity index (χ3n) is 3.92.